The molecule has 0 saturated carbocycles. The summed E-state index contributed by atoms with van der Waals surface area (Å²) < 4.78 is 0. The topological polar surface area (TPSA) is 55.3 Å². The van der Waals surface area contributed by atoms with Gasteiger partial charge in [-0.25, -0.2) is 0 Å². The van der Waals surface area contributed by atoms with Crippen LogP contribution >= 0.6 is 0 Å². The molecule has 4 N–H and O–H groups in total. The summed E-state index contributed by atoms with van der Waals surface area (Å²) in [4.78, 5) is 2.35. The van der Waals surface area contributed by atoms with Crippen LogP contribution in [0.25, 0.3) is 0 Å². The van der Waals surface area contributed by atoms with E-state index in [4.69, 9.17) is 11.5 Å². The van der Waals surface area contributed by atoms with Gasteiger partial charge in [-0.3, -0.25) is 4.90 Å². The Morgan fingerprint density at radius 3 is 2.25 bits per heavy atom. The summed E-state index contributed by atoms with van der Waals surface area (Å²) in [7, 11) is 0. The molecule has 0 spiro atoms. The van der Waals surface area contributed by atoms with Crippen LogP contribution in [0.2, 0.25) is 0 Å². The Bertz CT molecular complexity index is 324. The number of aryl methyl sites for hydroxylation is 1. The fourth-order valence-corrected chi connectivity index (χ4v) is 2.36. The fourth-order valence-electron chi connectivity index (χ4n) is 2.36. The summed E-state index contributed by atoms with van der Waals surface area (Å²) in [6.45, 7) is 4.99. The monoisotopic (exact) mass is 219 g/mol. The maximum absolute atomic E-state index is 5.97. The zero-order valence-corrected chi connectivity index (χ0v) is 9.89. The van der Waals surface area contributed by atoms with Gasteiger partial charge < -0.3 is 11.5 Å². The highest BCUT2D eigenvalue weighted by molar-refractivity contribution is 5.21. The maximum atomic E-state index is 5.97. The Morgan fingerprint density at radius 2 is 1.69 bits per heavy atom. The third kappa shape index (κ3) is 3.04. The van der Waals surface area contributed by atoms with Crippen molar-refractivity contribution >= 4 is 0 Å². The van der Waals surface area contributed by atoms with Gasteiger partial charge in [0.15, 0.2) is 0 Å². The number of likely N-dealkylation sites (tertiary alicyclic amines) is 1. The van der Waals surface area contributed by atoms with Gasteiger partial charge in [-0.05, 0) is 18.9 Å². The molecule has 3 nitrogen and oxygen atoms in total. The molecule has 1 fully saturated rings. The van der Waals surface area contributed by atoms with Crippen molar-refractivity contribution < 1.29 is 0 Å². The Morgan fingerprint density at radius 1 is 1.12 bits per heavy atom. The third-order valence-corrected chi connectivity index (χ3v) is 3.12. The lowest BCUT2D eigenvalue weighted by atomic mass is 10.0. The lowest BCUT2D eigenvalue weighted by molar-refractivity contribution is 0.183. The van der Waals surface area contributed by atoms with Crippen LogP contribution in [-0.4, -0.2) is 30.1 Å². The molecule has 2 rings (SSSR count). The molecule has 2 atom stereocenters. The smallest absolute Gasteiger partial charge is 0.0235 e. The van der Waals surface area contributed by atoms with Gasteiger partial charge in [-0.1, -0.05) is 29.8 Å². The molecular formula is C13H21N3. The molecular weight excluding hydrogens is 198 g/mol. The van der Waals surface area contributed by atoms with E-state index in [0.29, 0.717) is 0 Å². The van der Waals surface area contributed by atoms with Crippen molar-refractivity contribution in [1.29, 1.82) is 0 Å². The van der Waals surface area contributed by atoms with E-state index in [0.717, 1.165) is 26.1 Å². The van der Waals surface area contributed by atoms with Gasteiger partial charge in [-0.15, -0.1) is 0 Å². The number of benzene rings is 1. The van der Waals surface area contributed by atoms with Crippen LogP contribution in [0.1, 0.15) is 17.5 Å². The van der Waals surface area contributed by atoms with Crippen molar-refractivity contribution in [3.8, 4) is 0 Å². The summed E-state index contributed by atoms with van der Waals surface area (Å²) in [5, 5.41) is 0. The number of nitrogens with zero attached hydrogens (tertiary/aromatic N) is 1. The van der Waals surface area contributed by atoms with E-state index in [1.165, 1.54) is 11.1 Å². The molecule has 0 aliphatic carbocycles. The summed E-state index contributed by atoms with van der Waals surface area (Å²) in [5.41, 5.74) is 14.6. The molecule has 1 saturated heterocycles. The van der Waals surface area contributed by atoms with Gasteiger partial charge in [0.25, 0.3) is 0 Å². The molecule has 1 aromatic rings. The number of rotatable bonds is 2. The predicted octanol–water partition coefficient (Wildman–Crippen LogP) is 0.855. The molecule has 0 radical (unpaired) electrons. The van der Waals surface area contributed by atoms with Crippen molar-refractivity contribution in [3.63, 3.8) is 0 Å². The minimum absolute atomic E-state index is 0.231. The number of hydrogen-bond donors (Lipinski definition) is 2. The van der Waals surface area contributed by atoms with Crippen LogP contribution in [0.4, 0.5) is 0 Å². The average Bonchev–Trinajstić information content (AvgIpc) is 2.20. The van der Waals surface area contributed by atoms with E-state index in [1.807, 2.05) is 0 Å². The molecule has 1 aliphatic rings. The zero-order valence-electron chi connectivity index (χ0n) is 9.89. The van der Waals surface area contributed by atoms with E-state index in [2.05, 4.69) is 36.1 Å². The van der Waals surface area contributed by atoms with Gasteiger partial charge in [0.05, 0.1) is 0 Å². The second-order valence-corrected chi connectivity index (χ2v) is 4.94. The van der Waals surface area contributed by atoms with Crippen LogP contribution < -0.4 is 11.5 Å². The first-order chi connectivity index (χ1) is 7.63. The van der Waals surface area contributed by atoms with Gasteiger partial charge in [0.2, 0.25) is 0 Å². The normalized spacial score (nSPS) is 26.9. The van der Waals surface area contributed by atoms with Crippen molar-refractivity contribution in [3.05, 3.63) is 35.4 Å². The van der Waals surface area contributed by atoms with E-state index in [-0.39, 0.29) is 12.1 Å². The second-order valence-electron chi connectivity index (χ2n) is 4.94. The second kappa shape index (κ2) is 4.95. The van der Waals surface area contributed by atoms with E-state index < -0.39 is 0 Å². The van der Waals surface area contributed by atoms with Gasteiger partial charge in [0.1, 0.15) is 0 Å². The highest BCUT2D eigenvalue weighted by atomic mass is 15.2. The number of piperidine rings is 1. The Hall–Kier alpha value is -0.900. The highest BCUT2D eigenvalue weighted by Crippen LogP contribution is 2.12. The lowest BCUT2D eigenvalue weighted by Gasteiger charge is -2.34. The summed E-state index contributed by atoms with van der Waals surface area (Å²) in [6.07, 6.45) is 0.949. The van der Waals surface area contributed by atoms with Crippen LogP contribution in [0.3, 0.4) is 0 Å². The molecule has 3 heteroatoms. The zero-order chi connectivity index (χ0) is 11.5. The Kier molecular flexibility index (Phi) is 3.59. The van der Waals surface area contributed by atoms with E-state index >= 15 is 0 Å². The summed E-state index contributed by atoms with van der Waals surface area (Å²) >= 11 is 0. The first-order valence-corrected chi connectivity index (χ1v) is 5.92. The molecule has 0 unspecified atom stereocenters. The van der Waals surface area contributed by atoms with Gasteiger partial charge >= 0.3 is 0 Å². The molecule has 0 aromatic heterocycles. The van der Waals surface area contributed by atoms with E-state index in [9.17, 15) is 0 Å². The molecule has 1 aromatic carbocycles. The van der Waals surface area contributed by atoms with Crippen molar-refractivity contribution in [1.82, 2.24) is 4.90 Å². The summed E-state index contributed by atoms with van der Waals surface area (Å²) in [6, 6.07) is 9.13. The Balaban J connectivity index is 1.96. The molecule has 1 heterocycles. The summed E-state index contributed by atoms with van der Waals surface area (Å²) in [5.74, 6) is 0. The first-order valence-electron chi connectivity index (χ1n) is 5.92. The quantitative estimate of drug-likeness (QED) is 0.775. The van der Waals surface area contributed by atoms with Crippen LogP contribution in [0.15, 0.2) is 24.3 Å². The predicted molar refractivity (Wildman–Crippen MR) is 67.0 cm³/mol. The van der Waals surface area contributed by atoms with E-state index in [1.54, 1.807) is 0 Å². The molecule has 88 valence electrons. The van der Waals surface area contributed by atoms with Crippen molar-refractivity contribution in [2.45, 2.75) is 32.0 Å². The SMILES string of the molecule is Cc1ccc(CN2C[C@H](N)C[C@H](N)C2)cc1. The third-order valence-electron chi connectivity index (χ3n) is 3.12. The van der Waals surface area contributed by atoms with Crippen LogP contribution in [-0.2, 0) is 6.54 Å². The first kappa shape index (κ1) is 11.6. The minimum Gasteiger partial charge on any atom is -0.326 e. The molecule has 0 bridgehead atoms. The molecule has 1 aliphatic heterocycles. The minimum atomic E-state index is 0.231. The number of hydrogen-bond acceptors (Lipinski definition) is 3. The standard InChI is InChI=1S/C13H21N3/c1-10-2-4-11(5-3-10)7-16-8-12(14)6-13(15)9-16/h2-5,12-13H,6-9,14-15H2,1H3/t12-,13+. The van der Waals surface area contributed by atoms with Gasteiger partial charge in [-0.2, -0.15) is 0 Å². The van der Waals surface area contributed by atoms with Gasteiger partial charge in [0, 0.05) is 31.7 Å². The lowest BCUT2D eigenvalue weighted by Crippen LogP contribution is -2.51. The van der Waals surface area contributed by atoms with Crippen molar-refractivity contribution in [2.75, 3.05) is 13.1 Å². The fraction of sp³-hybridized carbons (Fsp3) is 0.538. The molecule has 16 heavy (non-hydrogen) atoms. The van der Waals surface area contributed by atoms with Crippen molar-refractivity contribution in [2.24, 2.45) is 11.5 Å². The molecule has 0 amide bonds. The maximum Gasteiger partial charge on any atom is 0.0235 e. The average molecular weight is 219 g/mol. The van der Waals surface area contributed by atoms with Crippen LogP contribution in [0, 0.1) is 6.92 Å². The largest absolute Gasteiger partial charge is 0.326 e. The van der Waals surface area contributed by atoms with Crippen LogP contribution in [0.5, 0.6) is 0 Å². The number of nitrogens with two attached hydrogens (primary N) is 2. The Labute approximate surface area is 97.4 Å². The highest BCUT2D eigenvalue weighted by Gasteiger charge is 2.22.